The highest BCUT2D eigenvalue weighted by Crippen LogP contribution is 2.21. The molecule has 0 saturated heterocycles. The van der Waals surface area contributed by atoms with Gasteiger partial charge in [0.25, 0.3) is 0 Å². The summed E-state index contributed by atoms with van der Waals surface area (Å²) in [7, 11) is 1.65. The third-order valence-electron chi connectivity index (χ3n) is 3.20. The minimum Gasteiger partial charge on any atom is -0.497 e. The highest BCUT2D eigenvalue weighted by molar-refractivity contribution is 9.10. The van der Waals surface area contributed by atoms with Gasteiger partial charge in [-0.2, -0.15) is 0 Å². The summed E-state index contributed by atoms with van der Waals surface area (Å²) in [6, 6.07) is 12.8. The van der Waals surface area contributed by atoms with Crippen molar-refractivity contribution in [2.75, 3.05) is 7.11 Å². The first kappa shape index (κ1) is 15.0. The molecule has 0 radical (unpaired) electrons. The Morgan fingerprint density at radius 2 is 2.05 bits per heavy atom. The van der Waals surface area contributed by atoms with Gasteiger partial charge in [-0.25, -0.2) is 4.39 Å². The fourth-order valence-corrected chi connectivity index (χ4v) is 2.36. The van der Waals surface area contributed by atoms with Crippen LogP contribution in [0.4, 0.5) is 4.39 Å². The summed E-state index contributed by atoms with van der Waals surface area (Å²) in [5, 5.41) is 3.38. The van der Waals surface area contributed by atoms with Gasteiger partial charge in [0.2, 0.25) is 0 Å². The highest BCUT2D eigenvalue weighted by Gasteiger charge is 2.08. The lowest BCUT2D eigenvalue weighted by Gasteiger charge is -2.16. The van der Waals surface area contributed by atoms with Crippen LogP contribution < -0.4 is 10.1 Å². The van der Waals surface area contributed by atoms with E-state index < -0.39 is 0 Å². The van der Waals surface area contributed by atoms with Crippen molar-refractivity contribution >= 4 is 15.9 Å². The van der Waals surface area contributed by atoms with Crippen molar-refractivity contribution in [1.29, 1.82) is 0 Å². The molecule has 0 spiro atoms. The van der Waals surface area contributed by atoms with Crippen LogP contribution in [0.3, 0.4) is 0 Å². The molecule has 1 N–H and O–H groups in total. The Morgan fingerprint density at radius 1 is 1.25 bits per heavy atom. The first-order chi connectivity index (χ1) is 9.60. The molecule has 0 aliphatic rings. The molecule has 0 fully saturated rings. The van der Waals surface area contributed by atoms with Gasteiger partial charge in [-0.3, -0.25) is 0 Å². The van der Waals surface area contributed by atoms with Gasteiger partial charge in [0.05, 0.1) is 7.11 Å². The van der Waals surface area contributed by atoms with Crippen LogP contribution in [0.2, 0.25) is 0 Å². The molecule has 0 aliphatic carbocycles. The van der Waals surface area contributed by atoms with Crippen LogP contribution in [-0.4, -0.2) is 7.11 Å². The molecule has 20 heavy (non-hydrogen) atoms. The van der Waals surface area contributed by atoms with Gasteiger partial charge in [0.15, 0.2) is 0 Å². The number of nitrogens with one attached hydrogen (secondary N) is 1. The lowest BCUT2D eigenvalue weighted by Crippen LogP contribution is -2.18. The molecule has 1 atom stereocenters. The average molecular weight is 338 g/mol. The normalized spacial score (nSPS) is 12.2. The topological polar surface area (TPSA) is 21.3 Å². The lowest BCUT2D eigenvalue weighted by molar-refractivity contribution is 0.413. The van der Waals surface area contributed by atoms with Crippen LogP contribution in [-0.2, 0) is 6.54 Å². The maximum atomic E-state index is 13.2. The molecule has 0 amide bonds. The van der Waals surface area contributed by atoms with E-state index in [2.05, 4.69) is 28.2 Å². The fourth-order valence-electron chi connectivity index (χ4n) is 1.97. The molecule has 0 saturated carbocycles. The molecular weight excluding hydrogens is 321 g/mol. The molecule has 2 aromatic carbocycles. The Kier molecular flexibility index (Phi) is 5.15. The van der Waals surface area contributed by atoms with E-state index in [4.69, 9.17) is 4.74 Å². The fraction of sp³-hybridized carbons (Fsp3) is 0.250. The summed E-state index contributed by atoms with van der Waals surface area (Å²) in [4.78, 5) is 0. The highest BCUT2D eigenvalue weighted by atomic mass is 79.9. The van der Waals surface area contributed by atoms with E-state index in [0.717, 1.165) is 21.3 Å². The first-order valence-corrected chi connectivity index (χ1v) is 7.20. The zero-order valence-corrected chi connectivity index (χ0v) is 13.1. The van der Waals surface area contributed by atoms with Crippen molar-refractivity contribution in [2.45, 2.75) is 19.5 Å². The van der Waals surface area contributed by atoms with Gasteiger partial charge >= 0.3 is 0 Å². The zero-order chi connectivity index (χ0) is 14.5. The standard InChI is InChI=1S/C16H17BrFNO/c1-11(12-4-3-5-15(9-12)20-2)19-10-13-8-14(18)6-7-16(13)17/h3-9,11,19H,10H2,1-2H3/t11-/m1/s1. The molecule has 0 aliphatic heterocycles. The zero-order valence-electron chi connectivity index (χ0n) is 11.5. The van der Waals surface area contributed by atoms with E-state index >= 15 is 0 Å². The Hall–Kier alpha value is -1.39. The second-order valence-corrected chi connectivity index (χ2v) is 5.47. The van der Waals surface area contributed by atoms with E-state index in [9.17, 15) is 4.39 Å². The summed E-state index contributed by atoms with van der Waals surface area (Å²) >= 11 is 3.43. The van der Waals surface area contributed by atoms with Gasteiger partial charge in [-0.1, -0.05) is 28.1 Å². The quantitative estimate of drug-likeness (QED) is 0.870. The summed E-state index contributed by atoms with van der Waals surface area (Å²) in [6.45, 7) is 2.67. The van der Waals surface area contributed by atoms with E-state index in [1.807, 2.05) is 24.3 Å². The number of hydrogen-bond donors (Lipinski definition) is 1. The Balaban J connectivity index is 2.04. The predicted molar refractivity (Wildman–Crippen MR) is 82.3 cm³/mol. The third-order valence-corrected chi connectivity index (χ3v) is 3.97. The monoisotopic (exact) mass is 337 g/mol. The summed E-state index contributed by atoms with van der Waals surface area (Å²) < 4.78 is 19.4. The van der Waals surface area contributed by atoms with Crippen molar-refractivity contribution in [1.82, 2.24) is 5.32 Å². The maximum absolute atomic E-state index is 13.2. The lowest BCUT2D eigenvalue weighted by atomic mass is 10.1. The number of methoxy groups -OCH3 is 1. The maximum Gasteiger partial charge on any atom is 0.123 e. The minimum atomic E-state index is -0.223. The molecule has 2 rings (SSSR count). The SMILES string of the molecule is COc1cccc([C@@H](C)NCc2cc(F)ccc2Br)c1. The van der Waals surface area contributed by atoms with Crippen molar-refractivity contribution in [3.05, 3.63) is 63.9 Å². The van der Waals surface area contributed by atoms with E-state index in [1.54, 1.807) is 13.2 Å². The molecule has 0 aromatic heterocycles. The predicted octanol–water partition coefficient (Wildman–Crippen LogP) is 4.45. The number of hydrogen-bond acceptors (Lipinski definition) is 2. The van der Waals surface area contributed by atoms with Gasteiger partial charge in [-0.05, 0) is 48.4 Å². The summed E-state index contributed by atoms with van der Waals surface area (Å²) in [6.07, 6.45) is 0. The van der Waals surface area contributed by atoms with Crippen molar-refractivity contribution < 1.29 is 9.13 Å². The van der Waals surface area contributed by atoms with Crippen molar-refractivity contribution in [3.8, 4) is 5.75 Å². The first-order valence-electron chi connectivity index (χ1n) is 6.41. The van der Waals surface area contributed by atoms with E-state index in [-0.39, 0.29) is 11.9 Å². The Morgan fingerprint density at radius 3 is 2.80 bits per heavy atom. The third kappa shape index (κ3) is 3.81. The second kappa shape index (κ2) is 6.86. The van der Waals surface area contributed by atoms with Crippen molar-refractivity contribution in [3.63, 3.8) is 0 Å². The summed E-state index contributed by atoms with van der Waals surface area (Å²) in [5.74, 6) is 0.613. The van der Waals surface area contributed by atoms with Crippen LogP contribution >= 0.6 is 15.9 Å². The number of halogens is 2. The Labute approximate surface area is 127 Å². The van der Waals surface area contributed by atoms with Gasteiger partial charge in [-0.15, -0.1) is 0 Å². The second-order valence-electron chi connectivity index (χ2n) is 4.61. The minimum absolute atomic E-state index is 0.153. The molecule has 0 bridgehead atoms. The Bertz CT molecular complexity index is 588. The molecule has 0 unspecified atom stereocenters. The molecule has 106 valence electrons. The van der Waals surface area contributed by atoms with Crippen LogP contribution in [0.25, 0.3) is 0 Å². The molecule has 0 heterocycles. The summed E-state index contributed by atoms with van der Waals surface area (Å²) in [5.41, 5.74) is 2.04. The average Bonchev–Trinajstić information content (AvgIpc) is 2.48. The smallest absolute Gasteiger partial charge is 0.123 e. The number of ether oxygens (including phenoxy) is 1. The number of benzene rings is 2. The largest absolute Gasteiger partial charge is 0.497 e. The molecule has 2 nitrogen and oxygen atoms in total. The van der Waals surface area contributed by atoms with Gasteiger partial charge in [0, 0.05) is 17.1 Å². The van der Waals surface area contributed by atoms with Crippen LogP contribution in [0.1, 0.15) is 24.1 Å². The van der Waals surface area contributed by atoms with Gasteiger partial charge in [0.1, 0.15) is 11.6 Å². The number of rotatable bonds is 5. The van der Waals surface area contributed by atoms with Crippen LogP contribution in [0.5, 0.6) is 5.75 Å². The molecule has 4 heteroatoms. The van der Waals surface area contributed by atoms with E-state index in [0.29, 0.717) is 6.54 Å². The van der Waals surface area contributed by atoms with Crippen molar-refractivity contribution in [2.24, 2.45) is 0 Å². The van der Waals surface area contributed by atoms with E-state index in [1.165, 1.54) is 12.1 Å². The van der Waals surface area contributed by atoms with Crippen LogP contribution in [0, 0.1) is 5.82 Å². The molecular formula is C16H17BrFNO. The molecule has 2 aromatic rings. The van der Waals surface area contributed by atoms with Crippen LogP contribution in [0.15, 0.2) is 46.9 Å². The van der Waals surface area contributed by atoms with Gasteiger partial charge < -0.3 is 10.1 Å².